The van der Waals surface area contributed by atoms with E-state index < -0.39 is 0 Å². The maximum absolute atomic E-state index is 12.0. The summed E-state index contributed by atoms with van der Waals surface area (Å²) >= 11 is 0. The molecule has 0 radical (unpaired) electrons. The lowest BCUT2D eigenvalue weighted by atomic mass is 10.3. The molecular formula is C12H18N4O. The van der Waals surface area contributed by atoms with Crippen LogP contribution in [0.25, 0.3) is 0 Å². The smallest absolute Gasteiger partial charge is 0.273 e. The van der Waals surface area contributed by atoms with Crippen LogP contribution in [0.4, 0.5) is 0 Å². The SMILES string of the molecule is CN(CCN1CCCC1)C(=O)c1cnccn1. The molecule has 0 spiro atoms. The molecule has 1 aromatic heterocycles. The van der Waals surface area contributed by atoms with Crippen LogP contribution in [0.3, 0.4) is 0 Å². The average Bonchev–Trinajstić information content (AvgIpc) is 2.89. The number of nitrogens with zero attached hydrogens (tertiary/aromatic N) is 4. The Labute approximate surface area is 101 Å². The van der Waals surface area contributed by atoms with E-state index >= 15 is 0 Å². The fourth-order valence-corrected chi connectivity index (χ4v) is 2.00. The van der Waals surface area contributed by atoms with Gasteiger partial charge in [0.2, 0.25) is 0 Å². The van der Waals surface area contributed by atoms with E-state index in [4.69, 9.17) is 0 Å². The molecule has 1 aliphatic rings. The van der Waals surface area contributed by atoms with Crippen molar-refractivity contribution in [3.63, 3.8) is 0 Å². The van der Waals surface area contributed by atoms with Gasteiger partial charge in [-0.3, -0.25) is 9.78 Å². The lowest BCUT2D eigenvalue weighted by Gasteiger charge is -2.21. The van der Waals surface area contributed by atoms with E-state index in [2.05, 4.69) is 14.9 Å². The quantitative estimate of drug-likeness (QED) is 0.767. The molecule has 0 bridgehead atoms. The Hall–Kier alpha value is -1.49. The molecule has 1 aromatic rings. The number of amides is 1. The van der Waals surface area contributed by atoms with Crippen LogP contribution in [0.5, 0.6) is 0 Å². The maximum atomic E-state index is 12.0. The fraction of sp³-hybridized carbons (Fsp3) is 0.583. The summed E-state index contributed by atoms with van der Waals surface area (Å²) in [6, 6.07) is 0. The Balaban J connectivity index is 1.83. The number of likely N-dealkylation sites (tertiary alicyclic amines) is 1. The summed E-state index contributed by atoms with van der Waals surface area (Å²) < 4.78 is 0. The van der Waals surface area contributed by atoms with Crippen molar-refractivity contribution in [1.82, 2.24) is 19.8 Å². The first-order valence-corrected chi connectivity index (χ1v) is 6.01. The Kier molecular flexibility index (Phi) is 4.03. The molecular weight excluding hydrogens is 216 g/mol. The highest BCUT2D eigenvalue weighted by molar-refractivity contribution is 5.91. The van der Waals surface area contributed by atoms with Crippen LogP contribution in [-0.2, 0) is 0 Å². The Bertz CT molecular complexity index is 362. The highest BCUT2D eigenvalue weighted by Crippen LogP contribution is 2.07. The molecule has 0 atom stereocenters. The molecule has 17 heavy (non-hydrogen) atoms. The van der Waals surface area contributed by atoms with Crippen molar-refractivity contribution in [3.8, 4) is 0 Å². The summed E-state index contributed by atoms with van der Waals surface area (Å²) in [5, 5.41) is 0. The molecule has 5 nitrogen and oxygen atoms in total. The van der Waals surface area contributed by atoms with Crippen LogP contribution < -0.4 is 0 Å². The van der Waals surface area contributed by atoms with E-state index in [0.29, 0.717) is 5.69 Å². The predicted molar refractivity (Wildman–Crippen MR) is 64.7 cm³/mol. The van der Waals surface area contributed by atoms with Crippen molar-refractivity contribution >= 4 is 5.91 Å². The minimum Gasteiger partial charge on any atom is -0.339 e. The van der Waals surface area contributed by atoms with Crippen LogP contribution in [0, 0.1) is 0 Å². The van der Waals surface area contributed by atoms with Gasteiger partial charge in [-0.2, -0.15) is 0 Å². The van der Waals surface area contributed by atoms with Crippen molar-refractivity contribution in [3.05, 3.63) is 24.3 Å². The molecule has 1 saturated heterocycles. The van der Waals surface area contributed by atoms with E-state index in [-0.39, 0.29) is 5.91 Å². The predicted octanol–water partition coefficient (Wildman–Crippen LogP) is 0.644. The number of likely N-dealkylation sites (N-methyl/N-ethyl adjacent to an activating group) is 1. The zero-order valence-electron chi connectivity index (χ0n) is 10.2. The highest BCUT2D eigenvalue weighted by Gasteiger charge is 2.16. The molecule has 2 heterocycles. The second-order valence-corrected chi connectivity index (χ2v) is 4.37. The van der Waals surface area contributed by atoms with Crippen molar-refractivity contribution in [2.24, 2.45) is 0 Å². The molecule has 1 aliphatic heterocycles. The van der Waals surface area contributed by atoms with Crippen molar-refractivity contribution in [1.29, 1.82) is 0 Å². The number of rotatable bonds is 4. The van der Waals surface area contributed by atoms with Crippen LogP contribution in [-0.4, -0.2) is 58.9 Å². The number of carbonyl (C=O) groups excluding carboxylic acids is 1. The van der Waals surface area contributed by atoms with E-state index in [1.165, 1.54) is 19.0 Å². The molecule has 0 N–H and O–H groups in total. The third kappa shape index (κ3) is 3.23. The van der Waals surface area contributed by atoms with Gasteiger partial charge in [-0.25, -0.2) is 4.98 Å². The molecule has 0 aromatic carbocycles. The van der Waals surface area contributed by atoms with Crippen molar-refractivity contribution in [2.45, 2.75) is 12.8 Å². The second-order valence-electron chi connectivity index (χ2n) is 4.37. The van der Waals surface area contributed by atoms with Crippen LogP contribution in [0.1, 0.15) is 23.3 Å². The van der Waals surface area contributed by atoms with Crippen molar-refractivity contribution in [2.75, 3.05) is 33.2 Å². The van der Waals surface area contributed by atoms with Gasteiger partial charge in [0.05, 0.1) is 6.20 Å². The lowest BCUT2D eigenvalue weighted by Crippen LogP contribution is -2.35. The molecule has 1 fully saturated rings. The zero-order chi connectivity index (χ0) is 12.1. The standard InChI is InChI=1S/C12H18N4O/c1-15(8-9-16-6-2-3-7-16)12(17)11-10-13-4-5-14-11/h4-5,10H,2-3,6-9H2,1H3. The molecule has 0 saturated carbocycles. The first-order valence-electron chi connectivity index (χ1n) is 6.01. The monoisotopic (exact) mass is 234 g/mol. The van der Waals surface area contributed by atoms with E-state index in [9.17, 15) is 4.79 Å². The van der Waals surface area contributed by atoms with Gasteiger partial charge < -0.3 is 9.80 Å². The number of hydrogen-bond acceptors (Lipinski definition) is 4. The van der Waals surface area contributed by atoms with E-state index in [1.54, 1.807) is 17.3 Å². The fourth-order valence-electron chi connectivity index (χ4n) is 2.00. The molecule has 92 valence electrons. The van der Waals surface area contributed by atoms with Crippen LogP contribution in [0.2, 0.25) is 0 Å². The van der Waals surface area contributed by atoms with Gasteiger partial charge >= 0.3 is 0 Å². The number of hydrogen-bond donors (Lipinski definition) is 0. The summed E-state index contributed by atoms with van der Waals surface area (Å²) in [6.45, 7) is 4.01. The lowest BCUT2D eigenvalue weighted by molar-refractivity contribution is 0.0776. The first kappa shape index (κ1) is 12.0. The van der Waals surface area contributed by atoms with Gasteiger partial charge in [0.15, 0.2) is 0 Å². The third-order valence-electron chi connectivity index (χ3n) is 3.08. The number of carbonyl (C=O) groups is 1. The third-order valence-corrected chi connectivity index (χ3v) is 3.08. The molecule has 5 heteroatoms. The van der Waals surface area contributed by atoms with Crippen molar-refractivity contribution < 1.29 is 4.79 Å². The van der Waals surface area contributed by atoms with Gasteiger partial charge in [-0.05, 0) is 25.9 Å². The first-order chi connectivity index (χ1) is 8.27. The van der Waals surface area contributed by atoms with Gasteiger partial charge in [0.25, 0.3) is 5.91 Å². The number of aromatic nitrogens is 2. The molecule has 1 amide bonds. The second kappa shape index (κ2) is 5.72. The van der Waals surface area contributed by atoms with Crippen LogP contribution in [0.15, 0.2) is 18.6 Å². The largest absolute Gasteiger partial charge is 0.339 e. The minimum absolute atomic E-state index is 0.0581. The summed E-state index contributed by atoms with van der Waals surface area (Å²) in [7, 11) is 1.81. The summed E-state index contributed by atoms with van der Waals surface area (Å²) in [4.78, 5) is 24.0. The van der Waals surface area contributed by atoms with E-state index in [0.717, 1.165) is 26.2 Å². The Morgan fingerprint density at radius 1 is 1.41 bits per heavy atom. The van der Waals surface area contributed by atoms with Gasteiger partial charge in [-0.1, -0.05) is 0 Å². The van der Waals surface area contributed by atoms with Crippen LogP contribution >= 0.6 is 0 Å². The maximum Gasteiger partial charge on any atom is 0.273 e. The van der Waals surface area contributed by atoms with Gasteiger partial charge in [0.1, 0.15) is 5.69 Å². The normalized spacial score (nSPS) is 16.1. The molecule has 2 rings (SSSR count). The molecule has 0 aliphatic carbocycles. The summed E-state index contributed by atoms with van der Waals surface area (Å²) in [5.74, 6) is -0.0581. The Morgan fingerprint density at radius 3 is 2.82 bits per heavy atom. The van der Waals surface area contributed by atoms with Gasteiger partial charge in [0, 0.05) is 32.5 Å². The summed E-state index contributed by atoms with van der Waals surface area (Å²) in [5.41, 5.74) is 0.413. The molecule has 0 unspecified atom stereocenters. The Morgan fingerprint density at radius 2 is 2.18 bits per heavy atom. The van der Waals surface area contributed by atoms with E-state index in [1.807, 2.05) is 7.05 Å². The minimum atomic E-state index is -0.0581. The highest BCUT2D eigenvalue weighted by atomic mass is 16.2. The zero-order valence-corrected chi connectivity index (χ0v) is 10.2. The van der Waals surface area contributed by atoms with Gasteiger partial charge in [-0.15, -0.1) is 0 Å². The topological polar surface area (TPSA) is 49.3 Å². The average molecular weight is 234 g/mol. The summed E-state index contributed by atoms with van der Waals surface area (Å²) in [6.07, 6.45) is 7.18.